The van der Waals surface area contributed by atoms with E-state index < -0.39 is 4.92 Å². The van der Waals surface area contributed by atoms with Crippen LogP contribution in [-0.2, 0) is 0 Å². The second-order valence-corrected chi connectivity index (χ2v) is 4.62. The van der Waals surface area contributed by atoms with Gasteiger partial charge < -0.3 is 4.57 Å². The van der Waals surface area contributed by atoms with Crippen molar-refractivity contribution in [3.8, 4) is 16.9 Å². The van der Waals surface area contributed by atoms with Gasteiger partial charge in [-0.3, -0.25) is 14.9 Å². The Balaban J connectivity index is 2.15. The zero-order valence-corrected chi connectivity index (χ0v) is 11.2. The number of non-ortho nitro benzene ring substituents is 1. The standard InChI is InChI=1S/C13H7ClN4O3/c14-13-11-6-17(5-8(7-19)12(11)15-16-13)9-1-3-10(4-2-9)18(20)21/h1-7H. The van der Waals surface area contributed by atoms with Crippen molar-refractivity contribution in [3.05, 3.63) is 57.5 Å². The summed E-state index contributed by atoms with van der Waals surface area (Å²) in [5, 5.41) is 18.4. The molecular weight excluding hydrogens is 296 g/mol. The number of carbonyl (C=O) groups is 1. The summed E-state index contributed by atoms with van der Waals surface area (Å²) >= 11 is 5.94. The van der Waals surface area contributed by atoms with Gasteiger partial charge in [-0.2, -0.15) is 0 Å². The third-order valence-corrected chi connectivity index (χ3v) is 3.30. The number of hydrogen-bond donors (Lipinski definition) is 0. The fraction of sp³-hybridized carbons (Fsp3) is 0. The van der Waals surface area contributed by atoms with Crippen LogP contribution in [-0.4, -0.2) is 26.0 Å². The molecule has 0 saturated heterocycles. The summed E-state index contributed by atoms with van der Waals surface area (Å²) in [4.78, 5) is 21.3. The Hall–Kier alpha value is -2.80. The van der Waals surface area contributed by atoms with Crippen molar-refractivity contribution in [1.82, 2.24) is 14.8 Å². The first kappa shape index (κ1) is 13.2. The summed E-state index contributed by atoms with van der Waals surface area (Å²) in [6.07, 6.45) is 3.91. The van der Waals surface area contributed by atoms with Crippen molar-refractivity contribution in [3.63, 3.8) is 0 Å². The van der Waals surface area contributed by atoms with Crippen LogP contribution in [0, 0.1) is 10.1 Å². The number of halogens is 1. The molecule has 2 heterocycles. The molecule has 0 radical (unpaired) electrons. The number of benzene rings is 1. The lowest BCUT2D eigenvalue weighted by molar-refractivity contribution is -0.384. The van der Waals surface area contributed by atoms with E-state index in [2.05, 4.69) is 10.2 Å². The van der Waals surface area contributed by atoms with Gasteiger partial charge in [-0.05, 0) is 12.1 Å². The number of aldehydes is 1. The molecule has 1 aromatic rings. The topological polar surface area (TPSA) is 90.9 Å². The van der Waals surface area contributed by atoms with Crippen molar-refractivity contribution in [2.75, 3.05) is 0 Å². The minimum Gasteiger partial charge on any atom is -0.322 e. The number of nitro benzene ring substituents is 1. The van der Waals surface area contributed by atoms with Crippen molar-refractivity contribution in [2.24, 2.45) is 0 Å². The lowest BCUT2D eigenvalue weighted by Crippen LogP contribution is -2.01. The molecule has 0 amide bonds. The molecule has 0 aliphatic carbocycles. The predicted molar refractivity (Wildman–Crippen MR) is 75.0 cm³/mol. The van der Waals surface area contributed by atoms with Gasteiger partial charge in [0, 0.05) is 30.2 Å². The van der Waals surface area contributed by atoms with E-state index in [0.29, 0.717) is 28.8 Å². The second kappa shape index (κ2) is 4.95. The van der Waals surface area contributed by atoms with Gasteiger partial charge in [0.05, 0.1) is 16.1 Å². The highest BCUT2D eigenvalue weighted by atomic mass is 35.5. The van der Waals surface area contributed by atoms with Gasteiger partial charge in [-0.1, -0.05) is 11.6 Å². The third-order valence-electron chi connectivity index (χ3n) is 3.02. The Morgan fingerprint density at radius 3 is 2.52 bits per heavy atom. The Kier molecular flexibility index (Phi) is 3.11. The molecule has 7 nitrogen and oxygen atoms in total. The van der Waals surface area contributed by atoms with Gasteiger partial charge in [0.1, 0.15) is 5.69 Å². The van der Waals surface area contributed by atoms with Crippen molar-refractivity contribution >= 4 is 23.6 Å². The second-order valence-electron chi connectivity index (χ2n) is 4.27. The van der Waals surface area contributed by atoms with E-state index in [4.69, 9.17) is 11.6 Å². The molecule has 0 bridgehead atoms. The number of rotatable bonds is 3. The van der Waals surface area contributed by atoms with Gasteiger partial charge in [0.2, 0.25) is 0 Å². The smallest absolute Gasteiger partial charge is 0.269 e. The Morgan fingerprint density at radius 2 is 1.90 bits per heavy atom. The first-order chi connectivity index (χ1) is 10.1. The van der Waals surface area contributed by atoms with Crippen LogP contribution in [0.15, 0.2) is 36.7 Å². The van der Waals surface area contributed by atoms with Crippen LogP contribution in [0.3, 0.4) is 0 Å². The van der Waals surface area contributed by atoms with Crippen molar-refractivity contribution in [2.45, 2.75) is 0 Å². The largest absolute Gasteiger partial charge is 0.322 e. The monoisotopic (exact) mass is 302 g/mol. The number of carbonyl (C=O) groups excluding carboxylic acids is 1. The lowest BCUT2D eigenvalue weighted by atomic mass is 10.1. The van der Waals surface area contributed by atoms with E-state index in [0.717, 1.165) is 0 Å². The van der Waals surface area contributed by atoms with Crippen LogP contribution in [0.5, 0.6) is 0 Å². The molecule has 0 fully saturated rings. The fourth-order valence-corrected chi connectivity index (χ4v) is 2.17. The first-order valence-corrected chi connectivity index (χ1v) is 6.22. The quantitative estimate of drug-likeness (QED) is 0.421. The minimum atomic E-state index is -0.476. The number of aromatic nitrogens is 3. The average Bonchev–Trinajstić information content (AvgIpc) is 2.88. The molecule has 0 saturated carbocycles. The highest BCUT2D eigenvalue weighted by molar-refractivity contribution is 6.32. The zero-order chi connectivity index (χ0) is 15.0. The first-order valence-electron chi connectivity index (χ1n) is 5.84. The fourth-order valence-electron chi connectivity index (χ4n) is 2.00. The molecule has 0 N–H and O–H groups in total. The third kappa shape index (κ3) is 2.23. The number of hydrogen-bond acceptors (Lipinski definition) is 5. The molecule has 2 aliphatic heterocycles. The maximum Gasteiger partial charge on any atom is 0.269 e. The summed E-state index contributed by atoms with van der Waals surface area (Å²) in [5.74, 6) is 0. The number of nitro groups is 1. The van der Waals surface area contributed by atoms with Crippen molar-refractivity contribution in [1.29, 1.82) is 0 Å². The van der Waals surface area contributed by atoms with E-state index in [9.17, 15) is 14.9 Å². The molecule has 3 rings (SSSR count). The molecular formula is C13H7ClN4O3. The number of fused-ring (bicyclic) bond motifs is 1. The van der Waals surface area contributed by atoms with E-state index in [1.54, 1.807) is 29.1 Å². The normalized spacial score (nSPS) is 10.7. The molecule has 0 atom stereocenters. The summed E-state index contributed by atoms with van der Waals surface area (Å²) in [6.45, 7) is 0. The molecule has 1 aromatic carbocycles. The Bertz CT molecular complexity index is 813. The van der Waals surface area contributed by atoms with Crippen LogP contribution in [0.25, 0.3) is 16.9 Å². The van der Waals surface area contributed by atoms with Gasteiger partial charge in [0.15, 0.2) is 11.4 Å². The molecule has 0 spiro atoms. The van der Waals surface area contributed by atoms with E-state index in [1.807, 2.05) is 0 Å². The Morgan fingerprint density at radius 1 is 1.19 bits per heavy atom. The van der Waals surface area contributed by atoms with Gasteiger partial charge in [-0.15, -0.1) is 10.2 Å². The van der Waals surface area contributed by atoms with Crippen LogP contribution >= 0.6 is 11.6 Å². The molecule has 104 valence electrons. The molecule has 21 heavy (non-hydrogen) atoms. The number of nitrogens with zero attached hydrogens (tertiary/aromatic N) is 4. The summed E-state index contributed by atoms with van der Waals surface area (Å²) < 4.78 is 1.64. The van der Waals surface area contributed by atoms with Crippen LogP contribution in [0.4, 0.5) is 5.69 Å². The maximum atomic E-state index is 11.1. The van der Waals surface area contributed by atoms with Gasteiger partial charge in [0.25, 0.3) is 5.69 Å². The zero-order valence-electron chi connectivity index (χ0n) is 10.4. The lowest BCUT2D eigenvalue weighted by Gasteiger charge is -2.10. The van der Waals surface area contributed by atoms with Crippen molar-refractivity contribution < 1.29 is 9.72 Å². The highest BCUT2D eigenvalue weighted by Gasteiger charge is 2.18. The molecule has 8 heteroatoms. The van der Waals surface area contributed by atoms with E-state index >= 15 is 0 Å². The predicted octanol–water partition coefficient (Wildman–Crippen LogP) is 2.75. The molecule has 0 unspecified atom stereocenters. The summed E-state index contributed by atoms with van der Waals surface area (Å²) in [5.41, 5.74) is 1.95. The molecule has 2 aliphatic rings. The molecule has 0 aromatic heterocycles. The van der Waals surface area contributed by atoms with Crippen LogP contribution < -0.4 is 0 Å². The van der Waals surface area contributed by atoms with E-state index in [-0.39, 0.29) is 10.8 Å². The summed E-state index contributed by atoms with van der Waals surface area (Å²) in [6, 6.07) is 5.93. The minimum absolute atomic E-state index is 0.00860. The van der Waals surface area contributed by atoms with Crippen LogP contribution in [0.2, 0.25) is 5.15 Å². The SMILES string of the molecule is O=Cc1cn(-c2ccc([N+](=O)[O-])cc2)cc2c(Cl)nnc1-2. The van der Waals surface area contributed by atoms with Gasteiger partial charge >= 0.3 is 0 Å². The van der Waals surface area contributed by atoms with Gasteiger partial charge in [-0.25, -0.2) is 0 Å². The Labute approximate surface area is 123 Å². The maximum absolute atomic E-state index is 11.1. The average molecular weight is 303 g/mol. The van der Waals surface area contributed by atoms with E-state index in [1.165, 1.54) is 12.1 Å². The number of pyridine rings is 1. The highest BCUT2D eigenvalue weighted by Crippen LogP contribution is 2.30. The summed E-state index contributed by atoms with van der Waals surface area (Å²) in [7, 11) is 0. The van der Waals surface area contributed by atoms with Crippen LogP contribution in [0.1, 0.15) is 10.4 Å².